The molecule has 7 heteroatoms. The highest BCUT2D eigenvalue weighted by atomic mass is 79.9. The van der Waals surface area contributed by atoms with Gasteiger partial charge in [-0.3, -0.25) is 19.2 Å². The lowest BCUT2D eigenvalue weighted by molar-refractivity contribution is -0.150. The highest BCUT2D eigenvalue weighted by Crippen LogP contribution is 2.26. The zero-order chi connectivity index (χ0) is 28.8. The van der Waals surface area contributed by atoms with Crippen LogP contribution in [0.15, 0.2) is 60.7 Å². The maximum atomic E-state index is 11.8. The Morgan fingerprint density at radius 3 is 1.41 bits per heavy atom. The van der Waals surface area contributed by atoms with E-state index in [9.17, 15) is 19.2 Å². The van der Waals surface area contributed by atoms with Crippen LogP contribution in [0.1, 0.15) is 76.1 Å². The molecule has 0 aromatic heterocycles. The Labute approximate surface area is 229 Å². The monoisotopic (exact) mass is 576 g/mol. The van der Waals surface area contributed by atoms with Crippen LogP contribution in [-0.4, -0.2) is 40.5 Å². The number of carbonyl (C=O) groups excluding carboxylic acids is 3. The number of halogens is 1. The first-order chi connectivity index (χ1) is 17.0. The van der Waals surface area contributed by atoms with Crippen molar-refractivity contribution >= 4 is 39.4 Å². The van der Waals surface area contributed by atoms with Crippen LogP contribution in [0.2, 0.25) is 0 Å². The van der Waals surface area contributed by atoms with Gasteiger partial charge in [0.1, 0.15) is 0 Å². The number of aliphatic carboxylic acids is 1. The number of hydrogen-bond acceptors (Lipinski definition) is 5. The van der Waals surface area contributed by atoms with Gasteiger partial charge in [0.05, 0.1) is 17.2 Å². The fraction of sp³-hybridized carbons (Fsp3) is 0.467. The molecule has 1 N–H and O–H groups in total. The minimum atomic E-state index is -0.720. The van der Waals surface area contributed by atoms with Gasteiger partial charge in [-0.05, 0) is 10.8 Å². The van der Waals surface area contributed by atoms with Crippen molar-refractivity contribution in [2.24, 2.45) is 22.7 Å². The normalized spacial score (nSPS) is 12.5. The van der Waals surface area contributed by atoms with Crippen molar-refractivity contribution in [3.63, 3.8) is 0 Å². The average molecular weight is 578 g/mol. The molecule has 0 radical (unpaired) electrons. The third kappa shape index (κ3) is 13.9. The van der Waals surface area contributed by atoms with Crippen molar-refractivity contribution in [3.05, 3.63) is 71.8 Å². The van der Waals surface area contributed by atoms with E-state index in [4.69, 9.17) is 9.84 Å². The van der Waals surface area contributed by atoms with Crippen molar-refractivity contribution in [2.45, 2.75) is 55.4 Å². The number of ketones is 2. The predicted octanol–water partition coefficient (Wildman–Crippen LogP) is 7.11. The number of ether oxygens (including phenoxy) is 1. The first-order valence-electron chi connectivity index (χ1n) is 12.1. The molecule has 0 fully saturated rings. The van der Waals surface area contributed by atoms with Crippen LogP contribution < -0.4 is 0 Å². The van der Waals surface area contributed by atoms with Gasteiger partial charge < -0.3 is 9.84 Å². The van der Waals surface area contributed by atoms with E-state index in [2.05, 4.69) is 15.9 Å². The summed E-state index contributed by atoms with van der Waals surface area (Å²) in [6.07, 6.45) is 0. The number of rotatable bonds is 7. The van der Waals surface area contributed by atoms with Crippen LogP contribution in [0.3, 0.4) is 0 Å². The summed E-state index contributed by atoms with van der Waals surface area (Å²) in [4.78, 5) is 44.8. The summed E-state index contributed by atoms with van der Waals surface area (Å²) in [6, 6.07) is 18.1. The minimum absolute atomic E-state index is 0.119. The van der Waals surface area contributed by atoms with E-state index in [0.29, 0.717) is 10.9 Å². The molecule has 0 aliphatic rings. The number of benzene rings is 2. The number of hydrogen-bond donors (Lipinski definition) is 1. The van der Waals surface area contributed by atoms with Crippen LogP contribution in [0.5, 0.6) is 0 Å². The Morgan fingerprint density at radius 2 is 1.11 bits per heavy atom. The molecule has 0 aliphatic carbocycles. The second-order valence-corrected chi connectivity index (χ2v) is 11.4. The third-order valence-corrected chi connectivity index (χ3v) is 6.49. The number of Topliss-reactive ketones (excluding diaryl/α,β-unsaturated/α-hetero) is 2. The van der Waals surface area contributed by atoms with Gasteiger partial charge in [0.15, 0.2) is 18.2 Å². The highest BCUT2D eigenvalue weighted by Gasteiger charge is 2.28. The van der Waals surface area contributed by atoms with Gasteiger partial charge >= 0.3 is 11.9 Å². The van der Waals surface area contributed by atoms with E-state index >= 15 is 0 Å². The summed E-state index contributed by atoms with van der Waals surface area (Å²) in [6.45, 7) is 15.0. The van der Waals surface area contributed by atoms with E-state index in [0.717, 1.165) is 5.56 Å². The predicted molar refractivity (Wildman–Crippen MR) is 151 cm³/mol. The molecule has 0 aliphatic heterocycles. The molecule has 0 heterocycles. The molecule has 0 saturated carbocycles. The Balaban J connectivity index is 0.000000577. The summed E-state index contributed by atoms with van der Waals surface area (Å²) in [5, 5.41) is 8.92. The van der Waals surface area contributed by atoms with E-state index in [1.54, 1.807) is 31.2 Å². The lowest BCUT2D eigenvalue weighted by atomic mass is 9.82. The quantitative estimate of drug-likeness (QED) is 0.214. The van der Waals surface area contributed by atoms with E-state index in [1.807, 2.05) is 84.9 Å². The average Bonchev–Trinajstić information content (AvgIpc) is 2.86. The van der Waals surface area contributed by atoms with E-state index in [1.165, 1.54) is 0 Å². The maximum absolute atomic E-state index is 11.8. The molecular weight excluding hydrogens is 536 g/mol. The summed E-state index contributed by atoms with van der Waals surface area (Å²) in [7, 11) is 0. The van der Waals surface area contributed by atoms with Crippen molar-refractivity contribution < 1.29 is 29.0 Å². The van der Waals surface area contributed by atoms with Gasteiger partial charge in [-0.15, -0.1) is 0 Å². The first kappa shape index (κ1) is 34.2. The number of carboxylic acids is 1. The molecule has 204 valence electrons. The maximum Gasteiger partial charge on any atom is 0.309 e. The fourth-order valence-electron chi connectivity index (χ4n) is 2.39. The van der Waals surface area contributed by atoms with E-state index in [-0.39, 0.29) is 46.8 Å². The van der Waals surface area contributed by atoms with E-state index < -0.39 is 5.97 Å². The first-order valence-corrected chi connectivity index (χ1v) is 13.3. The van der Waals surface area contributed by atoms with Gasteiger partial charge in [0.25, 0.3) is 0 Å². The van der Waals surface area contributed by atoms with Gasteiger partial charge in [-0.1, -0.05) is 132 Å². The molecule has 37 heavy (non-hydrogen) atoms. The van der Waals surface area contributed by atoms with Crippen LogP contribution in [0, 0.1) is 22.7 Å². The molecule has 0 saturated heterocycles. The molecular formula is C30H41BrO6. The third-order valence-electron chi connectivity index (χ3n) is 5.98. The summed E-state index contributed by atoms with van der Waals surface area (Å²) in [5.41, 5.74) is 1.05. The Kier molecular flexibility index (Phi) is 14.9. The van der Waals surface area contributed by atoms with Crippen molar-refractivity contribution in [2.75, 3.05) is 11.9 Å². The summed E-state index contributed by atoms with van der Waals surface area (Å²) < 4.78 is 5.06. The molecule has 2 rings (SSSR count). The minimum Gasteiger partial charge on any atom is -0.481 e. The molecule has 0 unspecified atom stereocenters. The fourth-order valence-corrected chi connectivity index (χ4v) is 2.72. The number of esters is 1. The molecule has 6 nitrogen and oxygen atoms in total. The SMILES string of the molecule is C[C@@H](C(=O)O)C(C)(C)C.C[C@@H](C(=O)OCC(=O)c1ccccc1)C(C)(C)C.O=C(CBr)c1ccccc1. The number of carboxylic acid groups (broad SMARTS) is 1. The zero-order valence-electron chi connectivity index (χ0n) is 23.2. The molecule has 2 aromatic carbocycles. The summed E-state index contributed by atoms with van der Waals surface area (Å²) in [5.74, 6) is -1.60. The summed E-state index contributed by atoms with van der Waals surface area (Å²) >= 11 is 3.10. The zero-order valence-corrected chi connectivity index (χ0v) is 24.8. The molecule has 2 aromatic rings. The topological polar surface area (TPSA) is 97.7 Å². The molecule has 0 spiro atoms. The number of carbonyl (C=O) groups is 4. The van der Waals surface area contributed by atoms with Gasteiger partial charge in [-0.2, -0.15) is 0 Å². The number of alkyl halides is 1. The van der Waals surface area contributed by atoms with Crippen LogP contribution in [0.25, 0.3) is 0 Å². The lowest BCUT2D eigenvalue weighted by Gasteiger charge is -2.25. The molecule has 0 bridgehead atoms. The van der Waals surface area contributed by atoms with Gasteiger partial charge in [-0.25, -0.2) is 0 Å². The lowest BCUT2D eigenvalue weighted by Crippen LogP contribution is -2.29. The Morgan fingerprint density at radius 1 is 0.730 bits per heavy atom. The van der Waals surface area contributed by atoms with Gasteiger partial charge in [0.2, 0.25) is 0 Å². The van der Waals surface area contributed by atoms with Crippen molar-refractivity contribution in [3.8, 4) is 0 Å². The Bertz CT molecular complexity index is 988. The molecule has 2 atom stereocenters. The van der Waals surface area contributed by atoms with Crippen molar-refractivity contribution in [1.82, 2.24) is 0 Å². The van der Waals surface area contributed by atoms with Crippen LogP contribution in [0.4, 0.5) is 0 Å². The second kappa shape index (κ2) is 16.1. The largest absolute Gasteiger partial charge is 0.481 e. The standard InChI is InChI=1S/C15H20O3.C8H7BrO.C7H14O2/c1-11(15(2,3)4)14(17)18-10-13(16)12-8-6-5-7-9-12;9-6-8(10)7-4-2-1-3-5-7;1-5(6(8)9)7(2,3)4/h5-9,11H,10H2,1-4H3;1-5H,6H2;5H,1-4H3,(H,8,9)/t11-;;5-/m0.0/s1. The second-order valence-electron chi connectivity index (χ2n) is 10.8. The van der Waals surface area contributed by atoms with Gasteiger partial charge in [0, 0.05) is 11.1 Å². The molecule has 0 amide bonds. The van der Waals surface area contributed by atoms with Crippen LogP contribution in [-0.2, 0) is 14.3 Å². The highest BCUT2D eigenvalue weighted by molar-refractivity contribution is 9.09. The smallest absolute Gasteiger partial charge is 0.309 e. The van der Waals surface area contributed by atoms with Crippen LogP contribution >= 0.6 is 15.9 Å². The Hall–Kier alpha value is -2.80. The van der Waals surface area contributed by atoms with Crippen molar-refractivity contribution in [1.29, 1.82) is 0 Å².